The van der Waals surface area contributed by atoms with Crippen LogP contribution in [0.15, 0.2) is 0 Å². The summed E-state index contributed by atoms with van der Waals surface area (Å²) in [5.41, 5.74) is 0. The molecule has 1 aliphatic rings. The van der Waals surface area contributed by atoms with Crippen molar-refractivity contribution in [2.45, 2.75) is 155 Å². The lowest BCUT2D eigenvalue weighted by Gasteiger charge is -2.37. The number of nitrogens with one attached hydrogen (secondary N) is 1. The molecule has 1 aliphatic heterocycles. The second-order valence-electron chi connectivity index (χ2n) is 10.8. The number of carbonyl (C=O) groups excluding carboxylic acids is 3. The summed E-state index contributed by atoms with van der Waals surface area (Å²) < 4.78 is 11.4. The fourth-order valence-electron chi connectivity index (χ4n) is 4.90. The van der Waals surface area contributed by atoms with Crippen LogP contribution in [-0.2, 0) is 23.9 Å². The van der Waals surface area contributed by atoms with Gasteiger partial charge in [0.25, 0.3) is 0 Å². The summed E-state index contributed by atoms with van der Waals surface area (Å²) >= 11 is 0. The molecule has 4 atom stereocenters. The number of rotatable bonds is 23. The van der Waals surface area contributed by atoms with E-state index in [9.17, 15) is 14.4 Å². The van der Waals surface area contributed by atoms with Crippen molar-refractivity contribution >= 4 is 18.3 Å². The lowest BCUT2D eigenvalue weighted by atomic mass is 9.86. The highest BCUT2D eigenvalue weighted by molar-refractivity contribution is 5.79. The predicted molar refractivity (Wildman–Crippen MR) is 141 cm³/mol. The molecular weight excluding hydrogens is 442 g/mol. The molecule has 0 bridgehead atoms. The highest BCUT2D eigenvalue weighted by Crippen LogP contribution is 2.32. The van der Waals surface area contributed by atoms with E-state index in [2.05, 4.69) is 19.2 Å². The third-order valence-corrected chi connectivity index (χ3v) is 7.06. The van der Waals surface area contributed by atoms with Crippen molar-refractivity contribution in [1.82, 2.24) is 5.32 Å². The molecule has 0 radical (unpaired) electrons. The zero-order chi connectivity index (χ0) is 25.9. The van der Waals surface area contributed by atoms with E-state index in [0.29, 0.717) is 19.3 Å². The number of esters is 2. The Kier molecular flexibility index (Phi) is 17.6. The van der Waals surface area contributed by atoms with E-state index in [1.54, 1.807) is 0 Å². The second kappa shape index (κ2) is 19.6. The fourth-order valence-corrected chi connectivity index (χ4v) is 4.90. The third kappa shape index (κ3) is 13.9. The molecule has 0 aromatic rings. The Labute approximate surface area is 214 Å². The Morgan fingerprint density at radius 1 is 0.943 bits per heavy atom. The Balaban J connectivity index is 2.58. The van der Waals surface area contributed by atoms with Crippen LogP contribution >= 0.6 is 0 Å². The van der Waals surface area contributed by atoms with Crippen LogP contribution in [0, 0.1) is 11.8 Å². The molecule has 1 unspecified atom stereocenters. The summed E-state index contributed by atoms with van der Waals surface area (Å²) in [6.07, 6.45) is 18.5. The average molecular weight is 496 g/mol. The quantitative estimate of drug-likeness (QED) is 0.0949. The van der Waals surface area contributed by atoms with Gasteiger partial charge >= 0.3 is 11.9 Å². The van der Waals surface area contributed by atoms with Crippen molar-refractivity contribution in [3.63, 3.8) is 0 Å². The first-order chi connectivity index (χ1) is 16.9. The van der Waals surface area contributed by atoms with Crippen molar-refractivity contribution in [2.24, 2.45) is 11.8 Å². The van der Waals surface area contributed by atoms with E-state index >= 15 is 0 Å². The molecule has 1 amide bonds. The molecular formula is C29H53NO5. The van der Waals surface area contributed by atoms with Crippen LogP contribution in [0.4, 0.5) is 0 Å². The molecule has 204 valence electrons. The van der Waals surface area contributed by atoms with Crippen LogP contribution in [0.2, 0.25) is 0 Å². The molecule has 1 rings (SSSR count). The van der Waals surface area contributed by atoms with E-state index in [1.807, 2.05) is 13.8 Å². The van der Waals surface area contributed by atoms with Crippen LogP contribution in [0.5, 0.6) is 0 Å². The standard InChI is InChI=1S/C29H53NO5/c1-5-7-9-11-12-13-14-15-16-18-24(34-29(33)26(30-22-31)20-23(3)4)21-27-25(28(32)35-27)19-17-10-8-6-2/h22-27H,5-21H2,1-4H3,(H,30,31)/t24?,25-,26+,27-/m1/s1. The Hall–Kier alpha value is -1.59. The lowest BCUT2D eigenvalue weighted by Crippen LogP contribution is -2.48. The molecule has 0 aromatic heterocycles. The maximum absolute atomic E-state index is 12.9. The molecule has 0 spiro atoms. The minimum atomic E-state index is -0.632. The topological polar surface area (TPSA) is 81.7 Å². The molecule has 0 saturated carbocycles. The van der Waals surface area contributed by atoms with Crippen LogP contribution in [0.1, 0.15) is 137 Å². The smallest absolute Gasteiger partial charge is 0.328 e. The van der Waals surface area contributed by atoms with Gasteiger partial charge in [0.15, 0.2) is 0 Å². The summed E-state index contributed by atoms with van der Waals surface area (Å²) in [7, 11) is 0. The average Bonchev–Trinajstić information content (AvgIpc) is 2.81. The highest BCUT2D eigenvalue weighted by atomic mass is 16.6. The predicted octanol–water partition coefficient (Wildman–Crippen LogP) is 6.88. The normalized spacial score (nSPS) is 19.1. The number of amides is 1. The summed E-state index contributed by atoms with van der Waals surface area (Å²) in [6.45, 7) is 8.45. The van der Waals surface area contributed by atoms with Crippen molar-refractivity contribution in [3.05, 3.63) is 0 Å². The summed E-state index contributed by atoms with van der Waals surface area (Å²) in [5, 5.41) is 2.62. The van der Waals surface area contributed by atoms with Gasteiger partial charge in [-0.25, -0.2) is 4.79 Å². The van der Waals surface area contributed by atoms with Crippen LogP contribution < -0.4 is 5.32 Å². The van der Waals surface area contributed by atoms with Gasteiger partial charge in [0.05, 0.1) is 5.92 Å². The molecule has 1 heterocycles. The number of carbonyl (C=O) groups is 3. The zero-order valence-corrected chi connectivity index (χ0v) is 23.0. The van der Waals surface area contributed by atoms with Crippen molar-refractivity contribution in [3.8, 4) is 0 Å². The summed E-state index contributed by atoms with van der Waals surface area (Å²) in [4.78, 5) is 36.0. The maximum atomic E-state index is 12.9. The van der Waals surface area contributed by atoms with E-state index in [-0.39, 0.29) is 36.0 Å². The van der Waals surface area contributed by atoms with Gasteiger partial charge in [0.2, 0.25) is 6.41 Å². The monoisotopic (exact) mass is 495 g/mol. The van der Waals surface area contributed by atoms with E-state index in [1.165, 1.54) is 57.8 Å². The zero-order valence-electron chi connectivity index (χ0n) is 23.0. The molecule has 0 aromatic carbocycles. The first-order valence-corrected chi connectivity index (χ1v) is 14.5. The molecule has 6 heteroatoms. The highest BCUT2D eigenvalue weighted by Gasteiger charge is 2.43. The Morgan fingerprint density at radius 2 is 1.51 bits per heavy atom. The second-order valence-corrected chi connectivity index (χ2v) is 10.8. The largest absolute Gasteiger partial charge is 0.461 e. The number of hydrogen-bond acceptors (Lipinski definition) is 5. The van der Waals surface area contributed by atoms with Crippen molar-refractivity contribution in [2.75, 3.05) is 0 Å². The van der Waals surface area contributed by atoms with Gasteiger partial charge in [0, 0.05) is 6.42 Å². The van der Waals surface area contributed by atoms with Crippen molar-refractivity contribution in [1.29, 1.82) is 0 Å². The summed E-state index contributed by atoms with van der Waals surface area (Å²) in [6, 6.07) is -0.632. The SMILES string of the molecule is CCCCCCCCCCCC(C[C@H]1OC(=O)[C@@H]1CCCCCC)OC(=O)[C@H](CC(C)C)NC=O. The number of unbranched alkanes of at least 4 members (excludes halogenated alkanes) is 11. The maximum Gasteiger partial charge on any atom is 0.328 e. The molecule has 6 nitrogen and oxygen atoms in total. The molecule has 35 heavy (non-hydrogen) atoms. The van der Waals surface area contributed by atoms with Crippen LogP contribution in [-0.4, -0.2) is 36.6 Å². The molecule has 0 aliphatic carbocycles. The number of hydrogen-bond donors (Lipinski definition) is 1. The molecule has 1 saturated heterocycles. The first kappa shape index (κ1) is 31.4. The molecule has 1 N–H and O–H groups in total. The first-order valence-electron chi connectivity index (χ1n) is 14.5. The van der Waals surface area contributed by atoms with Gasteiger partial charge < -0.3 is 14.8 Å². The lowest BCUT2D eigenvalue weighted by molar-refractivity contribution is -0.190. The number of cyclic esters (lactones) is 1. The minimum Gasteiger partial charge on any atom is -0.461 e. The third-order valence-electron chi connectivity index (χ3n) is 7.06. The fraction of sp³-hybridized carbons (Fsp3) is 0.897. The van der Waals surface area contributed by atoms with E-state index < -0.39 is 6.04 Å². The van der Waals surface area contributed by atoms with E-state index in [4.69, 9.17) is 9.47 Å². The van der Waals surface area contributed by atoms with Crippen molar-refractivity contribution < 1.29 is 23.9 Å². The van der Waals surface area contributed by atoms with Crippen LogP contribution in [0.25, 0.3) is 0 Å². The Morgan fingerprint density at radius 3 is 2.06 bits per heavy atom. The van der Waals surface area contributed by atoms with Gasteiger partial charge in [0.1, 0.15) is 18.2 Å². The van der Waals surface area contributed by atoms with Gasteiger partial charge in [-0.05, 0) is 31.6 Å². The minimum absolute atomic E-state index is 0.0734. The number of ether oxygens (including phenoxy) is 2. The molecule has 1 fully saturated rings. The van der Waals surface area contributed by atoms with Gasteiger partial charge in [-0.2, -0.15) is 0 Å². The van der Waals surface area contributed by atoms with E-state index in [0.717, 1.165) is 38.5 Å². The Bertz CT molecular complexity index is 579. The van der Waals surface area contributed by atoms with Crippen LogP contribution in [0.3, 0.4) is 0 Å². The van der Waals surface area contributed by atoms with Gasteiger partial charge in [-0.15, -0.1) is 0 Å². The van der Waals surface area contributed by atoms with Gasteiger partial charge in [-0.1, -0.05) is 105 Å². The van der Waals surface area contributed by atoms with Gasteiger partial charge in [-0.3, -0.25) is 9.59 Å². The summed E-state index contributed by atoms with van der Waals surface area (Å²) in [5.74, 6) is -0.302.